The monoisotopic (exact) mass is 241 g/mol. The van der Waals surface area contributed by atoms with Crippen LogP contribution in [0.3, 0.4) is 0 Å². The van der Waals surface area contributed by atoms with Crippen LogP contribution in [0.15, 0.2) is 36.9 Å². The molecule has 0 bridgehead atoms. The van der Waals surface area contributed by atoms with E-state index in [9.17, 15) is 4.79 Å². The largest absolute Gasteiger partial charge is 0.348 e. The van der Waals surface area contributed by atoms with Crippen LogP contribution in [-0.4, -0.2) is 15.9 Å². The standard InChI is InChI=1S/C14H15N3O/c1-10-5-13(8-16-6-10)14(18)17-9-12-3-4-15-7-11(12)2/h3-8H,9H2,1-2H3,(H,17,18). The van der Waals surface area contributed by atoms with E-state index in [1.54, 1.807) is 24.8 Å². The first-order valence-electron chi connectivity index (χ1n) is 5.76. The molecule has 2 rings (SSSR count). The van der Waals surface area contributed by atoms with Crippen molar-refractivity contribution in [1.82, 2.24) is 15.3 Å². The van der Waals surface area contributed by atoms with Gasteiger partial charge in [-0.05, 0) is 42.7 Å². The van der Waals surface area contributed by atoms with E-state index in [0.717, 1.165) is 16.7 Å². The third kappa shape index (κ3) is 2.91. The highest BCUT2D eigenvalue weighted by atomic mass is 16.1. The molecule has 1 amide bonds. The van der Waals surface area contributed by atoms with Gasteiger partial charge < -0.3 is 5.32 Å². The van der Waals surface area contributed by atoms with Crippen LogP contribution in [0.1, 0.15) is 27.0 Å². The maximum atomic E-state index is 11.9. The lowest BCUT2D eigenvalue weighted by molar-refractivity contribution is 0.0950. The molecule has 0 saturated carbocycles. The van der Waals surface area contributed by atoms with E-state index < -0.39 is 0 Å². The number of carbonyl (C=O) groups is 1. The molecule has 0 aliphatic rings. The topological polar surface area (TPSA) is 54.9 Å². The smallest absolute Gasteiger partial charge is 0.253 e. The molecule has 4 nitrogen and oxygen atoms in total. The summed E-state index contributed by atoms with van der Waals surface area (Å²) < 4.78 is 0. The van der Waals surface area contributed by atoms with Crippen molar-refractivity contribution in [2.24, 2.45) is 0 Å². The third-order valence-corrected chi connectivity index (χ3v) is 2.71. The number of aryl methyl sites for hydroxylation is 2. The molecule has 0 unspecified atom stereocenters. The van der Waals surface area contributed by atoms with Gasteiger partial charge in [0.2, 0.25) is 0 Å². The average molecular weight is 241 g/mol. The summed E-state index contributed by atoms with van der Waals surface area (Å²) in [6.07, 6.45) is 6.81. The average Bonchev–Trinajstić information content (AvgIpc) is 2.37. The van der Waals surface area contributed by atoms with E-state index in [2.05, 4.69) is 15.3 Å². The summed E-state index contributed by atoms with van der Waals surface area (Å²) in [5.41, 5.74) is 3.70. The van der Waals surface area contributed by atoms with Gasteiger partial charge in [0.25, 0.3) is 5.91 Å². The van der Waals surface area contributed by atoms with Gasteiger partial charge in [0, 0.05) is 31.3 Å². The predicted molar refractivity (Wildman–Crippen MR) is 69.1 cm³/mol. The van der Waals surface area contributed by atoms with Crippen molar-refractivity contribution in [1.29, 1.82) is 0 Å². The van der Waals surface area contributed by atoms with E-state index in [4.69, 9.17) is 0 Å². The number of rotatable bonds is 3. The molecule has 0 atom stereocenters. The first-order valence-corrected chi connectivity index (χ1v) is 5.76. The van der Waals surface area contributed by atoms with Crippen LogP contribution in [0.25, 0.3) is 0 Å². The minimum Gasteiger partial charge on any atom is -0.348 e. The van der Waals surface area contributed by atoms with Crippen LogP contribution in [-0.2, 0) is 6.54 Å². The molecule has 0 fully saturated rings. The van der Waals surface area contributed by atoms with Gasteiger partial charge in [0.15, 0.2) is 0 Å². The van der Waals surface area contributed by atoms with Crippen LogP contribution < -0.4 is 5.32 Å². The van der Waals surface area contributed by atoms with E-state index >= 15 is 0 Å². The molecule has 0 aliphatic carbocycles. The maximum absolute atomic E-state index is 11.9. The molecule has 2 aromatic rings. The van der Waals surface area contributed by atoms with Crippen LogP contribution >= 0.6 is 0 Å². The van der Waals surface area contributed by atoms with Gasteiger partial charge >= 0.3 is 0 Å². The first-order chi connectivity index (χ1) is 8.66. The van der Waals surface area contributed by atoms with Gasteiger partial charge in [-0.15, -0.1) is 0 Å². The second-order valence-corrected chi connectivity index (χ2v) is 4.24. The van der Waals surface area contributed by atoms with Gasteiger partial charge in [-0.2, -0.15) is 0 Å². The lowest BCUT2D eigenvalue weighted by Crippen LogP contribution is -2.23. The molecule has 2 heterocycles. The van der Waals surface area contributed by atoms with Crippen molar-refractivity contribution in [2.75, 3.05) is 0 Å². The molecule has 0 spiro atoms. The van der Waals surface area contributed by atoms with Gasteiger partial charge in [-0.3, -0.25) is 14.8 Å². The Morgan fingerprint density at radius 2 is 2.06 bits per heavy atom. The molecule has 1 N–H and O–H groups in total. The summed E-state index contributed by atoms with van der Waals surface area (Å²) in [7, 11) is 0. The number of carbonyl (C=O) groups excluding carboxylic acids is 1. The van der Waals surface area contributed by atoms with Crippen molar-refractivity contribution in [3.8, 4) is 0 Å². The molecule has 0 saturated heterocycles. The molecule has 0 aliphatic heterocycles. The Bertz CT molecular complexity index is 566. The summed E-state index contributed by atoms with van der Waals surface area (Å²) in [4.78, 5) is 19.9. The minimum atomic E-state index is -0.109. The first kappa shape index (κ1) is 12.2. The van der Waals surface area contributed by atoms with Crippen molar-refractivity contribution >= 4 is 5.91 Å². The number of hydrogen-bond acceptors (Lipinski definition) is 3. The lowest BCUT2D eigenvalue weighted by Gasteiger charge is -2.07. The second-order valence-electron chi connectivity index (χ2n) is 4.24. The summed E-state index contributed by atoms with van der Waals surface area (Å²) in [5, 5.41) is 2.88. The highest BCUT2D eigenvalue weighted by molar-refractivity contribution is 5.93. The zero-order valence-corrected chi connectivity index (χ0v) is 10.5. The lowest BCUT2D eigenvalue weighted by atomic mass is 10.1. The number of amides is 1. The van der Waals surface area contributed by atoms with Gasteiger partial charge in [-0.25, -0.2) is 0 Å². The third-order valence-electron chi connectivity index (χ3n) is 2.71. The zero-order valence-electron chi connectivity index (χ0n) is 10.5. The zero-order chi connectivity index (χ0) is 13.0. The van der Waals surface area contributed by atoms with E-state index in [1.165, 1.54) is 0 Å². The summed E-state index contributed by atoms with van der Waals surface area (Å²) in [6, 6.07) is 3.73. The summed E-state index contributed by atoms with van der Waals surface area (Å²) in [5.74, 6) is -0.109. The normalized spacial score (nSPS) is 10.1. The second kappa shape index (κ2) is 5.40. The Hall–Kier alpha value is -2.23. The SMILES string of the molecule is Cc1cncc(C(=O)NCc2ccncc2C)c1. The summed E-state index contributed by atoms with van der Waals surface area (Å²) in [6.45, 7) is 4.39. The Morgan fingerprint density at radius 1 is 1.22 bits per heavy atom. The fraction of sp³-hybridized carbons (Fsp3) is 0.214. The van der Waals surface area contributed by atoms with Crippen LogP contribution in [0.5, 0.6) is 0 Å². The molecule has 2 aromatic heterocycles. The summed E-state index contributed by atoms with van der Waals surface area (Å²) >= 11 is 0. The number of nitrogens with zero attached hydrogens (tertiary/aromatic N) is 2. The quantitative estimate of drug-likeness (QED) is 0.894. The Kier molecular flexibility index (Phi) is 3.67. The molecule has 92 valence electrons. The molecular weight excluding hydrogens is 226 g/mol. The van der Waals surface area contributed by atoms with E-state index in [0.29, 0.717) is 12.1 Å². The van der Waals surface area contributed by atoms with Crippen molar-refractivity contribution in [3.05, 3.63) is 59.2 Å². The Balaban J connectivity index is 2.03. The number of aromatic nitrogens is 2. The minimum absolute atomic E-state index is 0.109. The fourth-order valence-electron chi connectivity index (χ4n) is 1.66. The van der Waals surface area contributed by atoms with Crippen LogP contribution in [0.4, 0.5) is 0 Å². The molecule has 0 aromatic carbocycles. The number of pyridine rings is 2. The van der Waals surface area contributed by atoms with Crippen LogP contribution in [0.2, 0.25) is 0 Å². The Morgan fingerprint density at radius 3 is 2.78 bits per heavy atom. The highest BCUT2D eigenvalue weighted by Gasteiger charge is 2.06. The van der Waals surface area contributed by atoms with Gasteiger partial charge in [-0.1, -0.05) is 0 Å². The molecular formula is C14H15N3O. The van der Waals surface area contributed by atoms with E-state index in [-0.39, 0.29) is 5.91 Å². The van der Waals surface area contributed by atoms with Gasteiger partial charge in [0.05, 0.1) is 5.56 Å². The maximum Gasteiger partial charge on any atom is 0.253 e. The Labute approximate surface area is 106 Å². The fourth-order valence-corrected chi connectivity index (χ4v) is 1.66. The highest BCUT2D eigenvalue weighted by Crippen LogP contribution is 2.06. The number of hydrogen-bond donors (Lipinski definition) is 1. The molecule has 4 heteroatoms. The number of nitrogens with one attached hydrogen (secondary N) is 1. The molecule has 18 heavy (non-hydrogen) atoms. The molecule has 0 radical (unpaired) electrons. The van der Waals surface area contributed by atoms with Gasteiger partial charge in [0.1, 0.15) is 0 Å². The van der Waals surface area contributed by atoms with E-state index in [1.807, 2.05) is 26.0 Å². The van der Waals surface area contributed by atoms with Crippen molar-refractivity contribution in [3.63, 3.8) is 0 Å². The van der Waals surface area contributed by atoms with Crippen molar-refractivity contribution in [2.45, 2.75) is 20.4 Å². The van der Waals surface area contributed by atoms with Crippen molar-refractivity contribution < 1.29 is 4.79 Å². The predicted octanol–water partition coefficient (Wildman–Crippen LogP) is 2.02. The van der Waals surface area contributed by atoms with Crippen LogP contribution in [0, 0.1) is 13.8 Å².